The fourth-order valence-corrected chi connectivity index (χ4v) is 3.59. The first kappa shape index (κ1) is 18.8. The van der Waals surface area contributed by atoms with Crippen molar-refractivity contribution in [1.29, 1.82) is 0 Å². The van der Waals surface area contributed by atoms with Crippen LogP contribution in [0.15, 0.2) is 18.2 Å². The van der Waals surface area contributed by atoms with Crippen molar-refractivity contribution in [1.82, 2.24) is 10.6 Å². The maximum Gasteiger partial charge on any atom is 0.220 e. The first-order valence-corrected chi connectivity index (χ1v) is 9.95. The number of benzene rings is 1. The first-order chi connectivity index (χ1) is 11.3. The molecule has 2 rings (SSSR count). The van der Waals surface area contributed by atoms with E-state index < -0.39 is 21.5 Å². The molecule has 5 nitrogen and oxygen atoms in total. The topological polar surface area (TPSA) is 75.3 Å². The second-order valence-electron chi connectivity index (χ2n) is 6.18. The zero-order valence-corrected chi connectivity index (χ0v) is 14.3. The van der Waals surface area contributed by atoms with Gasteiger partial charge in [-0.15, -0.1) is 0 Å². The molecule has 1 heterocycles. The number of hydrogen-bond donors (Lipinski definition) is 2. The quantitative estimate of drug-likeness (QED) is 0.803. The van der Waals surface area contributed by atoms with Gasteiger partial charge in [0.15, 0.2) is 11.6 Å². The Hall–Kier alpha value is -1.54. The predicted octanol–water partition coefficient (Wildman–Crippen LogP) is 1.35. The number of carbonyl (C=O) groups is 1. The summed E-state index contributed by atoms with van der Waals surface area (Å²) in [6.45, 7) is 1.26. The summed E-state index contributed by atoms with van der Waals surface area (Å²) in [5, 5.41) is 6.04. The minimum atomic E-state index is -3.09. The molecule has 0 spiro atoms. The van der Waals surface area contributed by atoms with E-state index in [1.165, 1.54) is 12.1 Å². The lowest BCUT2D eigenvalue weighted by Gasteiger charge is -2.33. The zero-order valence-electron chi connectivity index (χ0n) is 13.5. The molecule has 134 valence electrons. The molecule has 8 heteroatoms. The van der Waals surface area contributed by atoms with E-state index in [0.717, 1.165) is 18.9 Å². The molecule has 1 amide bonds. The number of halogens is 2. The molecule has 1 aromatic rings. The van der Waals surface area contributed by atoms with Gasteiger partial charge in [-0.3, -0.25) is 4.79 Å². The van der Waals surface area contributed by atoms with Crippen molar-refractivity contribution in [2.24, 2.45) is 0 Å². The molecule has 2 atom stereocenters. The van der Waals surface area contributed by atoms with Crippen LogP contribution in [-0.4, -0.2) is 45.5 Å². The van der Waals surface area contributed by atoms with Crippen LogP contribution in [0.2, 0.25) is 0 Å². The summed E-state index contributed by atoms with van der Waals surface area (Å²) in [6.07, 6.45) is 2.21. The highest BCUT2D eigenvalue weighted by atomic mass is 32.2. The zero-order chi connectivity index (χ0) is 17.7. The van der Waals surface area contributed by atoms with E-state index in [2.05, 4.69) is 10.6 Å². The standard InChI is InChI=1S/C16H22F2N2O3S/c1-24(22,23)8-2-3-16(21)20-15-10-19-7-6-12(15)11-4-5-13(17)14(18)9-11/h4-5,9,12,15,19H,2-3,6-8,10H2,1H3,(H,20,21). The average Bonchev–Trinajstić information content (AvgIpc) is 2.49. The van der Waals surface area contributed by atoms with Crippen LogP contribution in [0.3, 0.4) is 0 Å². The summed E-state index contributed by atoms with van der Waals surface area (Å²) < 4.78 is 48.8. The highest BCUT2D eigenvalue weighted by molar-refractivity contribution is 7.90. The Kier molecular flexibility index (Phi) is 6.28. The van der Waals surface area contributed by atoms with Crippen LogP contribution in [0.4, 0.5) is 8.78 Å². The summed E-state index contributed by atoms with van der Waals surface area (Å²) in [6, 6.07) is 3.57. The van der Waals surface area contributed by atoms with Gasteiger partial charge in [0, 0.05) is 31.2 Å². The normalized spacial score (nSPS) is 21.5. The van der Waals surface area contributed by atoms with E-state index in [1.807, 2.05) is 0 Å². The molecule has 0 radical (unpaired) electrons. The van der Waals surface area contributed by atoms with Crippen molar-refractivity contribution in [2.75, 3.05) is 25.1 Å². The van der Waals surface area contributed by atoms with Crippen molar-refractivity contribution in [2.45, 2.75) is 31.2 Å². The van der Waals surface area contributed by atoms with Gasteiger partial charge in [-0.25, -0.2) is 17.2 Å². The van der Waals surface area contributed by atoms with Crippen molar-refractivity contribution in [3.63, 3.8) is 0 Å². The summed E-state index contributed by atoms with van der Waals surface area (Å²) in [5.74, 6) is -2.17. The Labute approximate surface area is 140 Å². The molecule has 2 N–H and O–H groups in total. The Morgan fingerprint density at radius 2 is 2.08 bits per heavy atom. The molecule has 1 aliphatic rings. The molecule has 0 aromatic heterocycles. The lowest BCUT2D eigenvalue weighted by molar-refractivity contribution is -0.122. The van der Waals surface area contributed by atoms with Gasteiger partial charge in [-0.05, 0) is 37.1 Å². The van der Waals surface area contributed by atoms with Gasteiger partial charge in [-0.1, -0.05) is 6.07 Å². The van der Waals surface area contributed by atoms with Crippen LogP contribution in [0.5, 0.6) is 0 Å². The number of nitrogens with one attached hydrogen (secondary N) is 2. The summed E-state index contributed by atoms with van der Waals surface area (Å²) in [7, 11) is -3.09. The molecule has 2 unspecified atom stereocenters. The Morgan fingerprint density at radius 3 is 2.75 bits per heavy atom. The van der Waals surface area contributed by atoms with E-state index in [0.29, 0.717) is 18.5 Å². The number of sulfone groups is 1. The lowest BCUT2D eigenvalue weighted by Crippen LogP contribution is -2.50. The van der Waals surface area contributed by atoms with E-state index in [-0.39, 0.29) is 36.5 Å². The van der Waals surface area contributed by atoms with Gasteiger partial charge in [0.1, 0.15) is 9.84 Å². The number of carbonyl (C=O) groups excluding carboxylic acids is 1. The minimum absolute atomic E-state index is 0.0318. The predicted molar refractivity (Wildman–Crippen MR) is 87.5 cm³/mol. The molecule has 0 aliphatic carbocycles. The van der Waals surface area contributed by atoms with E-state index in [4.69, 9.17) is 0 Å². The Morgan fingerprint density at radius 1 is 1.33 bits per heavy atom. The fraction of sp³-hybridized carbons (Fsp3) is 0.562. The molecule has 24 heavy (non-hydrogen) atoms. The van der Waals surface area contributed by atoms with Crippen LogP contribution >= 0.6 is 0 Å². The van der Waals surface area contributed by atoms with E-state index >= 15 is 0 Å². The number of rotatable bonds is 6. The molecule has 1 aromatic carbocycles. The lowest BCUT2D eigenvalue weighted by atomic mass is 9.86. The highest BCUT2D eigenvalue weighted by Crippen LogP contribution is 2.27. The maximum atomic E-state index is 13.5. The van der Waals surface area contributed by atoms with Gasteiger partial charge < -0.3 is 10.6 Å². The maximum absolute atomic E-state index is 13.5. The molecule has 0 bridgehead atoms. The third kappa shape index (κ3) is 5.52. The van der Waals surface area contributed by atoms with E-state index in [1.54, 1.807) is 0 Å². The van der Waals surface area contributed by atoms with Gasteiger partial charge in [-0.2, -0.15) is 0 Å². The molecule has 1 fully saturated rings. The number of piperidine rings is 1. The highest BCUT2D eigenvalue weighted by Gasteiger charge is 2.28. The SMILES string of the molecule is CS(=O)(=O)CCCC(=O)NC1CNCCC1c1ccc(F)c(F)c1. The van der Waals surface area contributed by atoms with E-state index in [9.17, 15) is 22.0 Å². The van der Waals surface area contributed by atoms with Crippen molar-refractivity contribution in [3.8, 4) is 0 Å². The summed E-state index contributed by atoms with van der Waals surface area (Å²) in [5.41, 5.74) is 0.650. The monoisotopic (exact) mass is 360 g/mol. The second-order valence-corrected chi connectivity index (χ2v) is 8.44. The van der Waals surface area contributed by atoms with Gasteiger partial charge in [0.2, 0.25) is 5.91 Å². The largest absolute Gasteiger partial charge is 0.351 e. The van der Waals surface area contributed by atoms with Crippen LogP contribution in [0.25, 0.3) is 0 Å². The second kappa shape index (κ2) is 8.02. The summed E-state index contributed by atoms with van der Waals surface area (Å²) >= 11 is 0. The minimum Gasteiger partial charge on any atom is -0.351 e. The van der Waals surface area contributed by atoms with Crippen LogP contribution in [-0.2, 0) is 14.6 Å². The third-order valence-corrected chi connectivity index (χ3v) is 5.15. The van der Waals surface area contributed by atoms with Crippen LogP contribution < -0.4 is 10.6 Å². The van der Waals surface area contributed by atoms with Gasteiger partial charge in [0.05, 0.1) is 5.75 Å². The van der Waals surface area contributed by atoms with Crippen LogP contribution in [0.1, 0.15) is 30.7 Å². The summed E-state index contributed by atoms with van der Waals surface area (Å²) in [4.78, 5) is 12.0. The number of hydrogen-bond acceptors (Lipinski definition) is 4. The van der Waals surface area contributed by atoms with Crippen LogP contribution in [0, 0.1) is 11.6 Å². The smallest absolute Gasteiger partial charge is 0.220 e. The number of amides is 1. The molecule has 0 saturated carbocycles. The molecule has 1 aliphatic heterocycles. The molecular formula is C16H22F2N2O3S. The van der Waals surface area contributed by atoms with Crippen molar-refractivity contribution < 1.29 is 22.0 Å². The van der Waals surface area contributed by atoms with Crippen molar-refractivity contribution >= 4 is 15.7 Å². The molecular weight excluding hydrogens is 338 g/mol. The third-order valence-electron chi connectivity index (χ3n) is 4.12. The van der Waals surface area contributed by atoms with Crippen molar-refractivity contribution in [3.05, 3.63) is 35.4 Å². The van der Waals surface area contributed by atoms with Gasteiger partial charge in [0.25, 0.3) is 0 Å². The Bertz CT molecular complexity index is 695. The Balaban J connectivity index is 1.98. The fourth-order valence-electron chi connectivity index (χ4n) is 2.93. The average molecular weight is 360 g/mol. The first-order valence-electron chi connectivity index (χ1n) is 7.89. The van der Waals surface area contributed by atoms with Gasteiger partial charge >= 0.3 is 0 Å². The molecule has 1 saturated heterocycles.